The molecule has 174 valence electrons. The SMILES string of the molecule is Cc1ccc(N2CCN(C(=S)COC3CCC(Nc4ccc(C#N)c(C)c4)CC3)CC2)cc1. The predicted molar refractivity (Wildman–Crippen MR) is 139 cm³/mol. The zero-order valence-corrected chi connectivity index (χ0v) is 20.5. The highest BCUT2D eigenvalue weighted by molar-refractivity contribution is 7.80. The van der Waals surface area contributed by atoms with Crippen LogP contribution in [0.2, 0.25) is 0 Å². The molecule has 0 spiro atoms. The minimum absolute atomic E-state index is 0.289. The molecule has 2 aliphatic rings. The number of nitriles is 1. The Balaban J connectivity index is 1.16. The maximum atomic E-state index is 9.10. The maximum absolute atomic E-state index is 9.10. The van der Waals surface area contributed by atoms with Crippen LogP contribution in [0, 0.1) is 25.2 Å². The number of anilines is 2. The molecular weight excluding hydrogens is 428 g/mol. The van der Waals surface area contributed by atoms with Crippen molar-refractivity contribution in [3.8, 4) is 6.07 Å². The van der Waals surface area contributed by atoms with Crippen LogP contribution in [0.25, 0.3) is 0 Å². The number of thiocarbonyl (C=S) groups is 1. The van der Waals surface area contributed by atoms with Crippen molar-refractivity contribution in [2.45, 2.75) is 51.7 Å². The second-order valence-corrected chi connectivity index (χ2v) is 9.75. The Bertz CT molecular complexity index is 984. The molecule has 0 unspecified atom stereocenters. The maximum Gasteiger partial charge on any atom is 0.104 e. The molecule has 2 aromatic carbocycles. The van der Waals surface area contributed by atoms with Crippen LogP contribution in [-0.4, -0.2) is 54.8 Å². The number of rotatable bonds is 6. The molecule has 0 bridgehead atoms. The lowest BCUT2D eigenvalue weighted by Gasteiger charge is -2.38. The van der Waals surface area contributed by atoms with E-state index in [0.717, 1.165) is 73.7 Å². The Hall–Kier alpha value is -2.62. The van der Waals surface area contributed by atoms with Crippen LogP contribution in [0.1, 0.15) is 42.4 Å². The van der Waals surface area contributed by atoms with Crippen molar-refractivity contribution < 1.29 is 4.74 Å². The van der Waals surface area contributed by atoms with E-state index in [1.165, 1.54) is 11.3 Å². The Kier molecular flexibility index (Phi) is 7.85. The van der Waals surface area contributed by atoms with E-state index in [4.69, 9.17) is 22.2 Å². The summed E-state index contributed by atoms with van der Waals surface area (Å²) in [6, 6.07) is 17.4. The summed E-state index contributed by atoms with van der Waals surface area (Å²) in [4.78, 5) is 5.68. The van der Waals surface area contributed by atoms with Crippen LogP contribution in [0.5, 0.6) is 0 Å². The van der Waals surface area contributed by atoms with Gasteiger partial charge in [0, 0.05) is 43.6 Å². The van der Waals surface area contributed by atoms with Gasteiger partial charge in [0.05, 0.1) is 24.3 Å². The Morgan fingerprint density at radius 2 is 1.73 bits per heavy atom. The first kappa shape index (κ1) is 23.5. The van der Waals surface area contributed by atoms with Crippen LogP contribution in [0.3, 0.4) is 0 Å². The summed E-state index contributed by atoms with van der Waals surface area (Å²) in [7, 11) is 0. The molecule has 0 radical (unpaired) electrons. The van der Waals surface area contributed by atoms with Gasteiger partial charge in [-0.2, -0.15) is 5.26 Å². The topological polar surface area (TPSA) is 51.5 Å². The Morgan fingerprint density at radius 1 is 1.03 bits per heavy atom. The van der Waals surface area contributed by atoms with Gasteiger partial charge in [-0.1, -0.05) is 29.9 Å². The van der Waals surface area contributed by atoms with Gasteiger partial charge < -0.3 is 19.9 Å². The number of aryl methyl sites for hydroxylation is 2. The summed E-state index contributed by atoms with van der Waals surface area (Å²) in [6.45, 7) is 8.56. The van der Waals surface area contributed by atoms with E-state index in [1.807, 2.05) is 19.1 Å². The third-order valence-electron chi connectivity index (χ3n) is 6.87. The minimum Gasteiger partial charge on any atom is -0.382 e. The predicted octanol–water partition coefficient (Wildman–Crippen LogP) is 5.06. The second kappa shape index (κ2) is 11.0. The molecular formula is C27H34N4OS. The minimum atomic E-state index is 0.289. The second-order valence-electron chi connectivity index (χ2n) is 9.27. The third kappa shape index (κ3) is 6.25. The van der Waals surface area contributed by atoms with Crippen molar-refractivity contribution in [3.63, 3.8) is 0 Å². The largest absolute Gasteiger partial charge is 0.382 e. The van der Waals surface area contributed by atoms with E-state index in [0.29, 0.717) is 12.6 Å². The van der Waals surface area contributed by atoms with Crippen molar-refractivity contribution in [2.75, 3.05) is 43.0 Å². The summed E-state index contributed by atoms with van der Waals surface area (Å²) < 4.78 is 6.21. The molecule has 6 heteroatoms. The van der Waals surface area contributed by atoms with Gasteiger partial charge in [0.1, 0.15) is 4.99 Å². The van der Waals surface area contributed by atoms with E-state index in [1.54, 1.807) is 0 Å². The smallest absolute Gasteiger partial charge is 0.104 e. The van der Waals surface area contributed by atoms with E-state index in [2.05, 4.69) is 58.4 Å². The summed E-state index contributed by atoms with van der Waals surface area (Å²) in [5, 5.41) is 12.7. The number of ether oxygens (including phenoxy) is 1. The summed E-state index contributed by atoms with van der Waals surface area (Å²) in [6.07, 6.45) is 4.57. The van der Waals surface area contributed by atoms with E-state index >= 15 is 0 Å². The zero-order chi connectivity index (χ0) is 23.2. The van der Waals surface area contributed by atoms with E-state index in [-0.39, 0.29) is 6.10 Å². The van der Waals surface area contributed by atoms with Gasteiger partial charge in [-0.05, 0) is 75.4 Å². The molecule has 0 atom stereocenters. The summed E-state index contributed by atoms with van der Waals surface area (Å²) in [5.41, 5.74) is 5.45. The fraction of sp³-hybridized carbons (Fsp3) is 0.481. The molecule has 1 saturated heterocycles. The van der Waals surface area contributed by atoms with Crippen molar-refractivity contribution >= 4 is 28.6 Å². The van der Waals surface area contributed by atoms with Crippen molar-refractivity contribution in [2.24, 2.45) is 0 Å². The summed E-state index contributed by atoms with van der Waals surface area (Å²) in [5.74, 6) is 0. The van der Waals surface area contributed by atoms with Crippen LogP contribution in [0.15, 0.2) is 42.5 Å². The molecule has 33 heavy (non-hydrogen) atoms. The molecule has 5 nitrogen and oxygen atoms in total. The first-order valence-corrected chi connectivity index (χ1v) is 12.4. The van der Waals surface area contributed by atoms with E-state index < -0.39 is 0 Å². The van der Waals surface area contributed by atoms with E-state index in [9.17, 15) is 0 Å². The zero-order valence-electron chi connectivity index (χ0n) is 19.7. The highest BCUT2D eigenvalue weighted by Crippen LogP contribution is 2.25. The van der Waals surface area contributed by atoms with Gasteiger partial charge in [0.2, 0.25) is 0 Å². The normalized spacial score (nSPS) is 20.9. The highest BCUT2D eigenvalue weighted by atomic mass is 32.1. The van der Waals surface area contributed by atoms with Crippen molar-refractivity contribution in [1.82, 2.24) is 4.90 Å². The fourth-order valence-corrected chi connectivity index (χ4v) is 4.99. The van der Waals surface area contributed by atoms with Gasteiger partial charge in [-0.25, -0.2) is 0 Å². The average molecular weight is 463 g/mol. The monoisotopic (exact) mass is 462 g/mol. The lowest BCUT2D eigenvalue weighted by Crippen LogP contribution is -2.49. The number of benzene rings is 2. The molecule has 2 aromatic rings. The molecule has 1 saturated carbocycles. The Morgan fingerprint density at radius 3 is 2.36 bits per heavy atom. The fourth-order valence-electron chi connectivity index (χ4n) is 4.74. The Labute approximate surface area is 203 Å². The van der Waals surface area contributed by atoms with Crippen LogP contribution >= 0.6 is 12.2 Å². The third-order valence-corrected chi connectivity index (χ3v) is 7.24. The number of nitrogens with one attached hydrogen (secondary N) is 1. The van der Waals surface area contributed by atoms with Crippen LogP contribution < -0.4 is 10.2 Å². The molecule has 1 aliphatic carbocycles. The van der Waals surface area contributed by atoms with Gasteiger partial charge in [0.25, 0.3) is 0 Å². The van der Waals surface area contributed by atoms with Crippen molar-refractivity contribution in [1.29, 1.82) is 5.26 Å². The molecule has 2 fully saturated rings. The molecule has 0 aromatic heterocycles. The molecule has 1 N–H and O–H groups in total. The molecule has 4 rings (SSSR count). The van der Waals surface area contributed by atoms with Gasteiger partial charge in [-0.3, -0.25) is 0 Å². The number of piperazine rings is 1. The van der Waals surface area contributed by atoms with Gasteiger partial charge in [-0.15, -0.1) is 0 Å². The molecule has 1 aliphatic heterocycles. The standard InChI is InChI=1S/C27H34N4OS/c1-20-3-9-25(10-4-20)30-13-15-31(16-14-30)27(33)19-32-26-11-7-23(8-12-26)29-24-6-5-22(18-28)21(2)17-24/h3-6,9-10,17,23,26,29H,7-8,11-16,19H2,1-2H3. The first-order chi connectivity index (χ1) is 16.0. The van der Waals surface area contributed by atoms with Crippen molar-refractivity contribution in [3.05, 3.63) is 59.2 Å². The quantitative estimate of drug-likeness (QED) is 0.606. The highest BCUT2D eigenvalue weighted by Gasteiger charge is 2.24. The van der Waals surface area contributed by atoms with Gasteiger partial charge in [0.15, 0.2) is 0 Å². The van der Waals surface area contributed by atoms with Crippen LogP contribution in [-0.2, 0) is 4.74 Å². The van der Waals surface area contributed by atoms with Gasteiger partial charge >= 0.3 is 0 Å². The lowest BCUT2D eigenvalue weighted by atomic mass is 9.92. The molecule has 1 heterocycles. The summed E-state index contributed by atoms with van der Waals surface area (Å²) >= 11 is 5.70. The average Bonchev–Trinajstić information content (AvgIpc) is 2.84. The number of hydrogen-bond acceptors (Lipinski definition) is 5. The van der Waals surface area contributed by atoms with Crippen LogP contribution in [0.4, 0.5) is 11.4 Å². The number of hydrogen-bond donors (Lipinski definition) is 1. The molecule has 0 amide bonds. The number of nitrogens with zero attached hydrogens (tertiary/aromatic N) is 3. The lowest BCUT2D eigenvalue weighted by molar-refractivity contribution is 0.0473. The first-order valence-electron chi connectivity index (χ1n) is 12.0.